The third kappa shape index (κ3) is 11.5. The summed E-state index contributed by atoms with van der Waals surface area (Å²) in [6.45, 7) is 11.9. The minimum absolute atomic E-state index is 0.0466. The number of aliphatic hydroxyl groups excluding tert-OH is 2. The van der Waals surface area contributed by atoms with Crippen LogP contribution in [0.5, 0.6) is 23.0 Å². The smallest absolute Gasteiger partial charge is 0.330 e. The van der Waals surface area contributed by atoms with Crippen molar-refractivity contribution in [3.8, 4) is 23.0 Å². The molecular formula is C29H36O9. The Bertz CT molecular complexity index is 1040. The third-order valence-electron chi connectivity index (χ3n) is 5.12. The van der Waals surface area contributed by atoms with Gasteiger partial charge in [-0.2, -0.15) is 0 Å². The Hall–Kier alpha value is -3.82. The summed E-state index contributed by atoms with van der Waals surface area (Å²) in [6.07, 6.45) is 0.474. The van der Waals surface area contributed by atoms with Gasteiger partial charge in [0.05, 0.1) is 12.2 Å². The Morgan fingerprint density at radius 1 is 0.842 bits per heavy atom. The maximum atomic E-state index is 11.2. The highest BCUT2D eigenvalue weighted by Crippen LogP contribution is 2.28. The van der Waals surface area contributed by atoms with Crippen LogP contribution in [0.3, 0.4) is 0 Å². The topological polar surface area (TPSA) is 121 Å². The molecule has 2 rings (SSSR count). The summed E-state index contributed by atoms with van der Waals surface area (Å²) in [4.78, 5) is 22.4. The lowest BCUT2D eigenvalue weighted by Gasteiger charge is -2.28. The lowest BCUT2D eigenvalue weighted by atomic mass is 10.0. The molecule has 0 aliphatic rings. The van der Waals surface area contributed by atoms with Gasteiger partial charge in [-0.05, 0) is 69.3 Å². The van der Waals surface area contributed by atoms with E-state index in [1.165, 1.54) is 0 Å². The minimum atomic E-state index is -0.877. The van der Waals surface area contributed by atoms with Crippen LogP contribution in [0.25, 0.3) is 0 Å². The molecule has 38 heavy (non-hydrogen) atoms. The van der Waals surface area contributed by atoms with Gasteiger partial charge in [-0.3, -0.25) is 0 Å². The second-order valence-corrected chi connectivity index (χ2v) is 9.25. The van der Waals surface area contributed by atoms with E-state index >= 15 is 0 Å². The van der Waals surface area contributed by atoms with E-state index in [0.29, 0.717) is 23.0 Å². The van der Waals surface area contributed by atoms with Crippen molar-refractivity contribution in [2.75, 3.05) is 13.2 Å². The average molecular weight is 529 g/mol. The van der Waals surface area contributed by atoms with Gasteiger partial charge in [0.1, 0.15) is 47.9 Å². The molecule has 2 aromatic rings. The van der Waals surface area contributed by atoms with Gasteiger partial charge in [-0.15, -0.1) is 0 Å². The minimum Gasteiger partial charge on any atom is -0.491 e. The second kappa shape index (κ2) is 14.8. The first-order chi connectivity index (χ1) is 18.0. The zero-order valence-corrected chi connectivity index (χ0v) is 22.0. The monoisotopic (exact) mass is 528 g/mol. The molecule has 0 spiro atoms. The van der Waals surface area contributed by atoms with Crippen molar-refractivity contribution >= 4 is 11.9 Å². The molecule has 0 aromatic heterocycles. The first kappa shape index (κ1) is 30.4. The molecule has 0 saturated carbocycles. The molecule has 0 bridgehead atoms. The molecule has 9 heteroatoms. The second-order valence-electron chi connectivity index (χ2n) is 9.25. The number of carbonyl (C=O) groups excluding carboxylic acids is 2. The number of ether oxygens (including phenoxy) is 5. The molecule has 0 amide bonds. The van der Waals surface area contributed by atoms with Crippen molar-refractivity contribution in [2.24, 2.45) is 0 Å². The van der Waals surface area contributed by atoms with Crippen LogP contribution in [-0.2, 0) is 19.1 Å². The Balaban J connectivity index is 1.80. The Labute approximate surface area is 223 Å². The van der Waals surface area contributed by atoms with E-state index < -0.39 is 35.9 Å². The van der Waals surface area contributed by atoms with Crippen LogP contribution in [0.4, 0.5) is 0 Å². The molecule has 3 atom stereocenters. The molecule has 2 aromatic carbocycles. The summed E-state index contributed by atoms with van der Waals surface area (Å²) >= 11 is 0. The fraction of sp³-hybridized carbons (Fsp3) is 0.379. The first-order valence-corrected chi connectivity index (χ1v) is 12.2. The number of hydrogen-bond acceptors (Lipinski definition) is 9. The fourth-order valence-electron chi connectivity index (χ4n) is 3.48. The van der Waals surface area contributed by atoms with Crippen LogP contribution in [0.1, 0.15) is 33.6 Å². The van der Waals surface area contributed by atoms with Gasteiger partial charge in [-0.25, -0.2) is 9.59 Å². The molecule has 0 aliphatic heterocycles. The predicted octanol–water partition coefficient (Wildman–Crippen LogP) is 4.36. The maximum absolute atomic E-state index is 11.2. The van der Waals surface area contributed by atoms with Gasteiger partial charge >= 0.3 is 11.9 Å². The van der Waals surface area contributed by atoms with Crippen molar-refractivity contribution in [3.05, 3.63) is 73.8 Å². The lowest BCUT2D eigenvalue weighted by molar-refractivity contribution is -0.143. The summed E-state index contributed by atoms with van der Waals surface area (Å²) < 4.78 is 27.3. The molecule has 0 heterocycles. The molecule has 9 nitrogen and oxygen atoms in total. The van der Waals surface area contributed by atoms with Gasteiger partial charge in [0, 0.05) is 25.0 Å². The number of esters is 2. The average Bonchev–Trinajstić information content (AvgIpc) is 2.87. The normalized spacial score (nSPS) is 13.4. The summed E-state index contributed by atoms with van der Waals surface area (Å²) in [5.41, 5.74) is -0.708. The van der Waals surface area contributed by atoms with Crippen LogP contribution in [0.2, 0.25) is 0 Å². The van der Waals surface area contributed by atoms with Crippen molar-refractivity contribution in [2.45, 2.75) is 57.5 Å². The number of benzene rings is 2. The van der Waals surface area contributed by atoms with Crippen LogP contribution in [0, 0.1) is 0 Å². The van der Waals surface area contributed by atoms with E-state index in [9.17, 15) is 19.8 Å². The van der Waals surface area contributed by atoms with Gasteiger partial charge in [0.15, 0.2) is 0 Å². The van der Waals surface area contributed by atoms with Gasteiger partial charge < -0.3 is 33.9 Å². The van der Waals surface area contributed by atoms with Crippen LogP contribution in [0.15, 0.2) is 73.8 Å². The van der Waals surface area contributed by atoms with Crippen molar-refractivity contribution in [1.29, 1.82) is 0 Å². The number of carbonyl (C=O) groups is 2. The van der Waals surface area contributed by atoms with E-state index in [-0.39, 0.29) is 26.1 Å². The molecule has 0 fully saturated rings. The summed E-state index contributed by atoms with van der Waals surface area (Å²) in [7, 11) is 0. The molecule has 2 N–H and O–H groups in total. The Morgan fingerprint density at radius 3 is 1.92 bits per heavy atom. The summed E-state index contributed by atoms with van der Waals surface area (Å²) in [5, 5.41) is 20.2. The highest BCUT2D eigenvalue weighted by Gasteiger charge is 2.25. The third-order valence-corrected chi connectivity index (χ3v) is 5.12. The van der Waals surface area contributed by atoms with Gasteiger partial charge in [0.2, 0.25) is 0 Å². The molecular weight excluding hydrogens is 492 g/mol. The first-order valence-electron chi connectivity index (χ1n) is 12.2. The predicted molar refractivity (Wildman–Crippen MR) is 141 cm³/mol. The molecule has 206 valence electrons. The van der Waals surface area contributed by atoms with E-state index in [1.54, 1.807) is 55.5 Å². The van der Waals surface area contributed by atoms with Gasteiger partial charge in [-0.1, -0.05) is 13.2 Å². The summed E-state index contributed by atoms with van der Waals surface area (Å²) in [6, 6.07) is 14.0. The molecule has 2 unspecified atom stereocenters. The van der Waals surface area contributed by atoms with Crippen molar-refractivity contribution in [3.63, 3.8) is 0 Å². The number of aliphatic hydroxyl groups is 2. The van der Waals surface area contributed by atoms with Gasteiger partial charge in [0.25, 0.3) is 0 Å². The van der Waals surface area contributed by atoms with Crippen molar-refractivity contribution in [1.82, 2.24) is 0 Å². The number of hydrogen-bond donors (Lipinski definition) is 2. The van der Waals surface area contributed by atoms with E-state index in [4.69, 9.17) is 23.7 Å². The van der Waals surface area contributed by atoms with Crippen LogP contribution >= 0.6 is 0 Å². The maximum Gasteiger partial charge on any atom is 0.330 e. The lowest BCUT2D eigenvalue weighted by Crippen LogP contribution is -2.35. The standard InChI is InChI=1S/C29H36O9/c1-6-27(32)35-19-22(31)17-29(4,5)38-26-14-12-25(13-15-26)37-24-10-8-23(9-11-24)34-18-21(30)16-20(3)36-28(33)7-2/h6-15,20-22,30-31H,1-2,16-19H2,3-5H3/t20-,21?,22?/m1/s1. The highest BCUT2D eigenvalue weighted by molar-refractivity contribution is 5.81. The quantitative estimate of drug-likeness (QED) is 0.242. The van der Waals surface area contributed by atoms with Crippen LogP contribution in [-0.4, -0.2) is 59.3 Å². The van der Waals surface area contributed by atoms with E-state index in [0.717, 1.165) is 12.2 Å². The molecule has 0 aliphatic carbocycles. The van der Waals surface area contributed by atoms with E-state index in [1.807, 2.05) is 13.8 Å². The Kier molecular flexibility index (Phi) is 11.8. The largest absolute Gasteiger partial charge is 0.491 e. The van der Waals surface area contributed by atoms with E-state index in [2.05, 4.69) is 13.2 Å². The van der Waals surface area contributed by atoms with Crippen LogP contribution < -0.4 is 14.2 Å². The zero-order chi connectivity index (χ0) is 28.1. The molecule has 0 radical (unpaired) electrons. The number of rotatable bonds is 16. The van der Waals surface area contributed by atoms with Crippen molar-refractivity contribution < 1.29 is 43.5 Å². The summed E-state index contributed by atoms with van der Waals surface area (Å²) in [5.74, 6) is 1.21. The zero-order valence-electron chi connectivity index (χ0n) is 22.0. The fourth-order valence-corrected chi connectivity index (χ4v) is 3.48. The SMILES string of the molecule is C=CC(=O)OCC(O)CC(C)(C)Oc1ccc(Oc2ccc(OCC(O)C[C@@H](C)OC(=O)C=C)cc2)cc1. The molecule has 0 saturated heterocycles. The Morgan fingerprint density at radius 2 is 1.37 bits per heavy atom. The highest BCUT2D eigenvalue weighted by atomic mass is 16.5.